The molecular formula is C24H27ClN4O3. The van der Waals surface area contributed by atoms with Gasteiger partial charge in [0.15, 0.2) is 0 Å². The number of fused-ring (bicyclic) bond motifs is 3. The van der Waals surface area contributed by atoms with E-state index in [1.165, 1.54) is 0 Å². The second kappa shape index (κ2) is 8.62. The number of carbonyl (C=O) groups excluding carboxylic acids is 1. The summed E-state index contributed by atoms with van der Waals surface area (Å²) in [6.45, 7) is 3.80. The number of non-ortho nitro benzene ring substituents is 1. The van der Waals surface area contributed by atoms with Crippen molar-refractivity contribution in [2.24, 2.45) is 5.92 Å². The van der Waals surface area contributed by atoms with E-state index in [-0.39, 0.29) is 28.5 Å². The molecule has 0 radical (unpaired) electrons. The van der Waals surface area contributed by atoms with Gasteiger partial charge in [-0.3, -0.25) is 14.9 Å². The van der Waals surface area contributed by atoms with Gasteiger partial charge in [-0.15, -0.1) is 0 Å². The van der Waals surface area contributed by atoms with Crippen LogP contribution in [0.1, 0.15) is 24.8 Å². The Kier molecular flexibility index (Phi) is 5.67. The fourth-order valence-electron chi connectivity index (χ4n) is 5.52. The number of nitrogens with zero attached hydrogens (tertiary/aromatic N) is 4. The normalized spacial score (nSPS) is 22.8. The molecule has 2 saturated heterocycles. The molecule has 3 heterocycles. The molecule has 2 aromatic rings. The Balaban J connectivity index is 1.34. The molecule has 0 N–H and O–H groups in total. The van der Waals surface area contributed by atoms with E-state index in [1.807, 2.05) is 35.2 Å². The number of hydrogen-bond acceptors (Lipinski definition) is 5. The van der Waals surface area contributed by atoms with Crippen LogP contribution in [0.5, 0.6) is 0 Å². The first-order chi connectivity index (χ1) is 15.5. The van der Waals surface area contributed by atoms with Crippen molar-refractivity contribution < 1.29 is 9.72 Å². The summed E-state index contributed by atoms with van der Waals surface area (Å²) in [5.74, 6) is 0.0346. The predicted octanol–water partition coefficient (Wildman–Crippen LogP) is 4.13. The van der Waals surface area contributed by atoms with Crippen molar-refractivity contribution in [2.45, 2.75) is 31.7 Å². The molecule has 0 bridgehead atoms. The molecule has 168 valence electrons. The van der Waals surface area contributed by atoms with Gasteiger partial charge in [0.2, 0.25) is 5.91 Å². The third-order valence-corrected chi connectivity index (χ3v) is 7.35. The number of amides is 1. The maximum Gasteiger partial charge on any atom is 0.269 e. The minimum Gasteiger partial charge on any atom is -0.368 e. The Labute approximate surface area is 192 Å². The van der Waals surface area contributed by atoms with E-state index < -0.39 is 0 Å². The van der Waals surface area contributed by atoms with E-state index >= 15 is 0 Å². The third-order valence-electron chi connectivity index (χ3n) is 7.12. The lowest BCUT2D eigenvalue weighted by Crippen LogP contribution is -2.57. The Morgan fingerprint density at radius 2 is 1.84 bits per heavy atom. The van der Waals surface area contributed by atoms with Crippen LogP contribution in [-0.4, -0.2) is 54.5 Å². The lowest BCUT2D eigenvalue weighted by molar-refractivity contribution is -0.384. The van der Waals surface area contributed by atoms with Gasteiger partial charge in [0.25, 0.3) is 5.69 Å². The monoisotopic (exact) mass is 454 g/mol. The molecular weight excluding hydrogens is 428 g/mol. The zero-order valence-electron chi connectivity index (χ0n) is 18.0. The number of carbonyl (C=O) groups is 1. The van der Waals surface area contributed by atoms with Gasteiger partial charge in [-0.1, -0.05) is 17.7 Å². The van der Waals surface area contributed by atoms with Crippen molar-refractivity contribution in [1.29, 1.82) is 0 Å². The Morgan fingerprint density at radius 1 is 1.03 bits per heavy atom. The number of halogens is 1. The second-order valence-electron chi connectivity index (χ2n) is 8.93. The number of nitro groups is 1. The average molecular weight is 455 g/mol. The minimum absolute atomic E-state index is 0.0977. The van der Waals surface area contributed by atoms with Gasteiger partial charge in [0.05, 0.1) is 10.8 Å². The van der Waals surface area contributed by atoms with Crippen molar-refractivity contribution in [2.75, 3.05) is 42.5 Å². The lowest BCUT2D eigenvalue weighted by atomic mass is 9.80. The molecule has 2 atom stereocenters. The molecule has 0 aromatic heterocycles. The molecule has 3 aliphatic heterocycles. The third kappa shape index (κ3) is 3.90. The highest BCUT2D eigenvalue weighted by Crippen LogP contribution is 2.40. The number of anilines is 2. The van der Waals surface area contributed by atoms with Crippen LogP contribution in [0, 0.1) is 16.0 Å². The standard InChI is InChI=1S/C24H27ClN4O3/c25-18-4-3-5-19(16-18)26-10-12-27(13-11-26)24(30)21-15-17-14-20(29(31)32)7-8-22(17)28-9-2-1-6-23(21)28/h3-5,7-8,14,16,21,23H,1-2,6,9-13,15H2/t21-,23+/m1/s1. The maximum absolute atomic E-state index is 13.7. The summed E-state index contributed by atoms with van der Waals surface area (Å²) in [5, 5.41) is 12.0. The predicted molar refractivity (Wildman–Crippen MR) is 126 cm³/mol. The van der Waals surface area contributed by atoms with Crippen molar-refractivity contribution in [1.82, 2.24) is 4.90 Å². The highest BCUT2D eigenvalue weighted by molar-refractivity contribution is 6.30. The number of hydrogen-bond donors (Lipinski definition) is 0. The van der Waals surface area contributed by atoms with Crippen LogP contribution in [0.15, 0.2) is 42.5 Å². The van der Waals surface area contributed by atoms with Crippen LogP contribution in [0.3, 0.4) is 0 Å². The summed E-state index contributed by atoms with van der Waals surface area (Å²) in [5.41, 5.74) is 3.17. The van der Waals surface area contributed by atoms with Crippen molar-refractivity contribution in [3.05, 3.63) is 63.2 Å². The fraction of sp³-hybridized carbons (Fsp3) is 0.458. The zero-order chi connectivity index (χ0) is 22.2. The molecule has 5 rings (SSSR count). The maximum atomic E-state index is 13.7. The van der Waals surface area contributed by atoms with Gasteiger partial charge in [-0.2, -0.15) is 0 Å². The number of rotatable bonds is 3. The summed E-state index contributed by atoms with van der Waals surface area (Å²) in [6, 6.07) is 13.1. The summed E-state index contributed by atoms with van der Waals surface area (Å²) in [6.07, 6.45) is 3.78. The van der Waals surface area contributed by atoms with E-state index in [1.54, 1.807) is 12.1 Å². The highest BCUT2D eigenvalue weighted by Gasteiger charge is 2.42. The fourth-order valence-corrected chi connectivity index (χ4v) is 5.71. The highest BCUT2D eigenvalue weighted by atomic mass is 35.5. The number of piperidine rings is 1. The van der Waals surface area contributed by atoms with Crippen LogP contribution in [0.25, 0.3) is 0 Å². The van der Waals surface area contributed by atoms with Crippen LogP contribution in [0.2, 0.25) is 5.02 Å². The topological polar surface area (TPSA) is 69.9 Å². The molecule has 0 aliphatic carbocycles. The summed E-state index contributed by atoms with van der Waals surface area (Å²) in [4.78, 5) is 31.2. The summed E-state index contributed by atoms with van der Waals surface area (Å²) in [7, 11) is 0. The Bertz CT molecular complexity index is 1040. The van der Waals surface area contributed by atoms with E-state index in [2.05, 4.69) is 9.80 Å². The van der Waals surface area contributed by atoms with Crippen LogP contribution in [-0.2, 0) is 11.2 Å². The SMILES string of the molecule is O=C([C@@H]1Cc2cc([N+](=O)[O-])ccc2N2CCCC[C@@H]12)N1CCN(c2cccc(Cl)c2)CC1. The van der Waals surface area contributed by atoms with Gasteiger partial charge in [-0.25, -0.2) is 0 Å². The van der Waals surface area contributed by atoms with Crippen LogP contribution >= 0.6 is 11.6 Å². The van der Waals surface area contributed by atoms with E-state index in [4.69, 9.17) is 11.6 Å². The zero-order valence-corrected chi connectivity index (χ0v) is 18.7. The van der Waals surface area contributed by atoms with Gasteiger partial charge in [0.1, 0.15) is 0 Å². The first kappa shape index (κ1) is 21.1. The number of piperazine rings is 1. The molecule has 32 heavy (non-hydrogen) atoms. The van der Waals surface area contributed by atoms with Gasteiger partial charge in [-0.05, 0) is 55.5 Å². The first-order valence-corrected chi connectivity index (χ1v) is 11.7. The smallest absolute Gasteiger partial charge is 0.269 e. The molecule has 7 nitrogen and oxygen atoms in total. The first-order valence-electron chi connectivity index (χ1n) is 11.3. The van der Waals surface area contributed by atoms with Gasteiger partial charge < -0.3 is 14.7 Å². The second-order valence-corrected chi connectivity index (χ2v) is 9.37. The molecule has 0 saturated carbocycles. The average Bonchev–Trinajstić information content (AvgIpc) is 2.83. The Hall–Kier alpha value is -2.80. The molecule has 2 fully saturated rings. The largest absolute Gasteiger partial charge is 0.368 e. The van der Waals surface area contributed by atoms with Gasteiger partial charge in [0, 0.05) is 67.3 Å². The molecule has 0 spiro atoms. The van der Waals surface area contributed by atoms with Crippen molar-refractivity contribution in [3.8, 4) is 0 Å². The summed E-state index contributed by atoms with van der Waals surface area (Å²) < 4.78 is 0. The van der Waals surface area contributed by atoms with Crippen molar-refractivity contribution >= 4 is 34.6 Å². The molecule has 2 aromatic carbocycles. The molecule has 0 unspecified atom stereocenters. The van der Waals surface area contributed by atoms with Gasteiger partial charge >= 0.3 is 0 Å². The quantitative estimate of drug-likeness (QED) is 0.515. The molecule has 1 amide bonds. The Morgan fingerprint density at radius 3 is 2.59 bits per heavy atom. The summed E-state index contributed by atoms with van der Waals surface area (Å²) >= 11 is 6.14. The molecule has 8 heteroatoms. The number of benzene rings is 2. The van der Waals surface area contributed by atoms with Crippen LogP contribution in [0.4, 0.5) is 17.1 Å². The van der Waals surface area contributed by atoms with E-state index in [9.17, 15) is 14.9 Å². The molecule has 3 aliphatic rings. The van der Waals surface area contributed by atoms with Crippen molar-refractivity contribution in [3.63, 3.8) is 0 Å². The lowest BCUT2D eigenvalue weighted by Gasteiger charge is -2.47. The number of nitro benzene ring substituents is 1. The van der Waals surface area contributed by atoms with E-state index in [0.29, 0.717) is 24.5 Å². The van der Waals surface area contributed by atoms with Crippen LogP contribution < -0.4 is 9.80 Å². The van der Waals surface area contributed by atoms with E-state index in [0.717, 1.165) is 55.8 Å². The minimum atomic E-state index is -0.353.